The maximum atomic E-state index is 13.6. The summed E-state index contributed by atoms with van der Waals surface area (Å²) in [5.41, 5.74) is 6.40. The highest BCUT2D eigenvalue weighted by molar-refractivity contribution is 5.73. The minimum atomic E-state index is -0.299. The molecule has 6 aromatic rings. The number of hydrogen-bond donors (Lipinski definition) is 0. The average Bonchev–Trinajstić information content (AvgIpc) is 3.56. The topological polar surface area (TPSA) is 35.6 Å². The van der Waals surface area contributed by atoms with Crippen LogP contribution in [0.15, 0.2) is 121 Å². The van der Waals surface area contributed by atoms with Crippen molar-refractivity contribution in [3.63, 3.8) is 0 Å². The average molecular weight is 475 g/mol. The summed E-state index contributed by atoms with van der Waals surface area (Å²) in [6, 6.07) is 36.2. The lowest BCUT2D eigenvalue weighted by Crippen LogP contribution is -2.04. The van der Waals surface area contributed by atoms with Crippen molar-refractivity contribution in [3.8, 4) is 45.3 Å². The van der Waals surface area contributed by atoms with Gasteiger partial charge in [0.2, 0.25) is 0 Å². The maximum Gasteiger partial charge on any atom is 0.123 e. The Bertz CT molecular complexity index is 1490. The first-order valence-electron chi connectivity index (χ1n) is 11.5. The summed E-state index contributed by atoms with van der Waals surface area (Å²) >= 11 is 0. The molecule has 0 bridgehead atoms. The van der Waals surface area contributed by atoms with Gasteiger partial charge >= 0.3 is 0 Å². The van der Waals surface area contributed by atoms with Crippen LogP contribution in [0, 0.1) is 11.6 Å². The fourth-order valence-corrected chi connectivity index (χ4v) is 4.18. The third-order valence-corrected chi connectivity index (χ3v) is 5.96. The standard InChI is InChI=1S/C30H20F2N4/c31-23-15-11-21(12-16-23)27-19-29(35(33-27)25-7-3-1-4-8-25)30-20-28(22-13-17-24(32)18-14-22)34-36(30)26-9-5-2-6-10-26/h1-20H. The molecule has 174 valence electrons. The quantitative estimate of drug-likeness (QED) is 0.262. The summed E-state index contributed by atoms with van der Waals surface area (Å²) in [6.45, 7) is 0. The molecule has 0 fully saturated rings. The predicted octanol–water partition coefficient (Wildman–Crippen LogP) is 7.34. The summed E-state index contributed by atoms with van der Waals surface area (Å²) < 4.78 is 30.9. The third kappa shape index (κ3) is 4.09. The molecule has 0 saturated heterocycles. The van der Waals surface area contributed by atoms with E-state index in [9.17, 15) is 8.78 Å². The van der Waals surface area contributed by atoms with Crippen molar-refractivity contribution < 1.29 is 8.78 Å². The zero-order chi connectivity index (χ0) is 24.5. The van der Waals surface area contributed by atoms with Gasteiger partial charge in [-0.05, 0) is 84.9 Å². The molecule has 0 N–H and O–H groups in total. The van der Waals surface area contributed by atoms with Crippen LogP contribution >= 0.6 is 0 Å². The van der Waals surface area contributed by atoms with Gasteiger partial charge in [-0.1, -0.05) is 36.4 Å². The second-order valence-corrected chi connectivity index (χ2v) is 8.34. The lowest BCUT2D eigenvalue weighted by molar-refractivity contribution is 0.627. The minimum absolute atomic E-state index is 0.299. The molecule has 4 aromatic carbocycles. The maximum absolute atomic E-state index is 13.6. The normalized spacial score (nSPS) is 11.1. The lowest BCUT2D eigenvalue weighted by Gasteiger charge is -2.10. The Labute approximate surface area is 206 Å². The fourth-order valence-electron chi connectivity index (χ4n) is 4.18. The van der Waals surface area contributed by atoms with E-state index in [4.69, 9.17) is 10.2 Å². The molecule has 0 saturated carbocycles. The zero-order valence-electron chi connectivity index (χ0n) is 19.1. The van der Waals surface area contributed by atoms with Crippen molar-refractivity contribution in [2.45, 2.75) is 0 Å². The van der Waals surface area contributed by atoms with Gasteiger partial charge in [0.05, 0.1) is 34.2 Å². The molecule has 2 heterocycles. The smallest absolute Gasteiger partial charge is 0.123 e. The Kier molecular flexibility index (Phi) is 5.46. The first kappa shape index (κ1) is 21.7. The van der Waals surface area contributed by atoms with E-state index in [1.807, 2.05) is 82.2 Å². The van der Waals surface area contributed by atoms with E-state index in [-0.39, 0.29) is 11.6 Å². The SMILES string of the molecule is Fc1ccc(-c2cc(-c3cc(-c4ccc(F)cc4)nn3-c3ccccc3)n(-c3ccccc3)n2)cc1. The Hall–Kier alpha value is -4.84. The predicted molar refractivity (Wildman–Crippen MR) is 137 cm³/mol. The van der Waals surface area contributed by atoms with E-state index in [0.717, 1.165) is 33.9 Å². The molecule has 0 amide bonds. The van der Waals surface area contributed by atoms with E-state index < -0.39 is 0 Å². The van der Waals surface area contributed by atoms with Crippen molar-refractivity contribution >= 4 is 0 Å². The van der Waals surface area contributed by atoms with Crippen LogP contribution < -0.4 is 0 Å². The monoisotopic (exact) mass is 474 g/mol. The third-order valence-electron chi connectivity index (χ3n) is 5.96. The number of halogens is 2. The van der Waals surface area contributed by atoms with Crippen LogP contribution in [0.1, 0.15) is 0 Å². The number of aromatic nitrogens is 4. The molecule has 0 radical (unpaired) electrons. The first-order valence-corrected chi connectivity index (χ1v) is 11.5. The van der Waals surface area contributed by atoms with Gasteiger partial charge in [-0.15, -0.1) is 0 Å². The van der Waals surface area contributed by atoms with Crippen LogP contribution in [0.3, 0.4) is 0 Å². The lowest BCUT2D eigenvalue weighted by atomic mass is 10.1. The summed E-state index contributed by atoms with van der Waals surface area (Å²) in [4.78, 5) is 0. The molecule has 0 aliphatic carbocycles. The van der Waals surface area contributed by atoms with Gasteiger partial charge in [0.15, 0.2) is 0 Å². The Balaban J connectivity index is 1.59. The van der Waals surface area contributed by atoms with Crippen molar-refractivity contribution in [2.75, 3.05) is 0 Å². The molecule has 6 rings (SSSR count). The Morgan fingerprint density at radius 1 is 0.444 bits per heavy atom. The Morgan fingerprint density at radius 3 is 1.17 bits per heavy atom. The number of para-hydroxylation sites is 2. The van der Waals surface area contributed by atoms with E-state index in [2.05, 4.69) is 0 Å². The van der Waals surface area contributed by atoms with Gasteiger partial charge in [-0.2, -0.15) is 10.2 Å². The van der Waals surface area contributed by atoms with Crippen molar-refractivity contribution in [1.82, 2.24) is 19.6 Å². The number of hydrogen-bond acceptors (Lipinski definition) is 2. The van der Waals surface area contributed by atoms with E-state index in [0.29, 0.717) is 11.4 Å². The summed E-state index contributed by atoms with van der Waals surface area (Å²) in [6.07, 6.45) is 0. The second kappa shape index (κ2) is 9.07. The molecule has 0 atom stereocenters. The fraction of sp³-hybridized carbons (Fsp3) is 0. The molecule has 0 aliphatic rings. The van der Waals surface area contributed by atoms with E-state index >= 15 is 0 Å². The zero-order valence-corrected chi connectivity index (χ0v) is 19.1. The van der Waals surface area contributed by atoms with E-state index in [1.165, 1.54) is 24.3 Å². The van der Waals surface area contributed by atoms with Crippen LogP contribution in [0.2, 0.25) is 0 Å². The molecule has 6 heteroatoms. The second-order valence-electron chi connectivity index (χ2n) is 8.34. The molecule has 0 aliphatic heterocycles. The van der Waals surface area contributed by atoms with Crippen LogP contribution in [0.25, 0.3) is 45.3 Å². The molecule has 36 heavy (non-hydrogen) atoms. The van der Waals surface area contributed by atoms with Crippen LogP contribution in [0.4, 0.5) is 8.78 Å². The summed E-state index contributed by atoms with van der Waals surface area (Å²) in [7, 11) is 0. The molecule has 2 aromatic heterocycles. The molecule has 0 spiro atoms. The van der Waals surface area contributed by atoms with Crippen molar-refractivity contribution in [1.29, 1.82) is 0 Å². The van der Waals surface area contributed by atoms with E-state index in [1.54, 1.807) is 24.3 Å². The molecular weight excluding hydrogens is 454 g/mol. The summed E-state index contributed by atoms with van der Waals surface area (Å²) in [5, 5.41) is 9.78. The Morgan fingerprint density at radius 2 is 0.806 bits per heavy atom. The summed E-state index contributed by atoms with van der Waals surface area (Å²) in [5.74, 6) is -0.597. The van der Waals surface area contributed by atoms with Gasteiger partial charge in [0.25, 0.3) is 0 Å². The molecule has 4 nitrogen and oxygen atoms in total. The van der Waals surface area contributed by atoms with Crippen LogP contribution in [0.5, 0.6) is 0 Å². The minimum Gasteiger partial charge on any atom is -0.231 e. The highest BCUT2D eigenvalue weighted by Gasteiger charge is 2.20. The highest BCUT2D eigenvalue weighted by atomic mass is 19.1. The number of rotatable bonds is 5. The van der Waals surface area contributed by atoms with Gasteiger partial charge in [-0.25, -0.2) is 18.1 Å². The van der Waals surface area contributed by atoms with Crippen molar-refractivity contribution in [3.05, 3.63) is 133 Å². The largest absolute Gasteiger partial charge is 0.231 e. The number of benzene rings is 4. The van der Waals surface area contributed by atoms with Gasteiger partial charge < -0.3 is 0 Å². The van der Waals surface area contributed by atoms with Gasteiger partial charge in [0.1, 0.15) is 11.6 Å². The van der Waals surface area contributed by atoms with Gasteiger partial charge in [0, 0.05) is 11.1 Å². The highest BCUT2D eigenvalue weighted by Crippen LogP contribution is 2.33. The molecular formula is C30H20F2N4. The van der Waals surface area contributed by atoms with Crippen LogP contribution in [-0.2, 0) is 0 Å². The number of nitrogens with zero attached hydrogens (tertiary/aromatic N) is 4. The molecule has 0 unspecified atom stereocenters. The first-order chi connectivity index (χ1) is 17.7. The van der Waals surface area contributed by atoms with Crippen LogP contribution in [-0.4, -0.2) is 19.6 Å². The van der Waals surface area contributed by atoms with Gasteiger partial charge in [-0.3, -0.25) is 0 Å². The van der Waals surface area contributed by atoms with Crippen molar-refractivity contribution in [2.24, 2.45) is 0 Å².